The number of aryl methyl sites for hydroxylation is 1. The molecule has 2 rings (SSSR count). The van der Waals surface area contributed by atoms with Gasteiger partial charge in [0.1, 0.15) is 5.56 Å². The summed E-state index contributed by atoms with van der Waals surface area (Å²) in [5.41, 5.74) is 1.27. The van der Waals surface area contributed by atoms with Gasteiger partial charge in [-0.05, 0) is 42.7 Å². The predicted octanol–water partition coefficient (Wildman–Crippen LogP) is 1.83. The van der Waals surface area contributed by atoms with E-state index >= 15 is 0 Å². The van der Waals surface area contributed by atoms with Gasteiger partial charge < -0.3 is 10.1 Å². The second kappa shape index (κ2) is 4.35. The Morgan fingerprint density at radius 3 is 2.82 bits per heavy atom. The van der Waals surface area contributed by atoms with E-state index in [1.165, 1.54) is 0 Å². The molecule has 1 unspecified atom stereocenters. The standard InChI is InChI=1S/C13H17NO3/c1-7(2)8-3-4-11-9(5-8)6-10(13(16)17)12(15)14-11/h6-8H,3-5H2,1-2H3,(H,14,15)(H,16,17). The van der Waals surface area contributed by atoms with E-state index in [0.29, 0.717) is 11.8 Å². The van der Waals surface area contributed by atoms with Gasteiger partial charge in [0.05, 0.1) is 0 Å². The molecule has 0 aliphatic heterocycles. The van der Waals surface area contributed by atoms with Crippen molar-refractivity contribution >= 4 is 5.97 Å². The highest BCUT2D eigenvalue weighted by Crippen LogP contribution is 2.28. The maximum absolute atomic E-state index is 11.5. The number of rotatable bonds is 2. The van der Waals surface area contributed by atoms with E-state index < -0.39 is 11.5 Å². The zero-order valence-corrected chi connectivity index (χ0v) is 10.1. The summed E-state index contributed by atoms with van der Waals surface area (Å²) >= 11 is 0. The molecule has 0 spiro atoms. The normalized spacial score (nSPS) is 19.1. The SMILES string of the molecule is CC(C)C1CCc2[nH]c(=O)c(C(=O)O)cc2C1. The van der Waals surface area contributed by atoms with Crippen LogP contribution < -0.4 is 5.56 Å². The molecule has 1 heterocycles. The average molecular weight is 235 g/mol. The van der Waals surface area contributed by atoms with Crippen molar-refractivity contribution in [3.63, 3.8) is 0 Å². The van der Waals surface area contributed by atoms with Gasteiger partial charge in [-0.25, -0.2) is 4.79 Å². The lowest BCUT2D eigenvalue weighted by Gasteiger charge is -2.27. The number of aromatic carboxylic acids is 1. The summed E-state index contributed by atoms with van der Waals surface area (Å²) in [6, 6.07) is 1.55. The quantitative estimate of drug-likeness (QED) is 0.821. The Morgan fingerprint density at radius 1 is 1.53 bits per heavy atom. The fourth-order valence-electron chi connectivity index (χ4n) is 2.46. The van der Waals surface area contributed by atoms with E-state index in [0.717, 1.165) is 30.5 Å². The number of H-pyrrole nitrogens is 1. The highest BCUT2D eigenvalue weighted by Gasteiger charge is 2.23. The van der Waals surface area contributed by atoms with Crippen LogP contribution >= 0.6 is 0 Å². The molecule has 0 fully saturated rings. The van der Waals surface area contributed by atoms with Crippen molar-refractivity contribution in [2.75, 3.05) is 0 Å². The van der Waals surface area contributed by atoms with Crippen molar-refractivity contribution in [1.29, 1.82) is 0 Å². The Morgan fingerprint density at radius 2 is 2.24 bits per heavy atom. The Bertz CT molecular complexity index is 502. The number of hydrogen-bond donors (Lipinski definition) is 2. The lowest BCUT2D eigenvalue weighted by molar-refractivity contribution is 0.0694. The topological polar surface area (TPSA) is 70.2 Å². The molecule has 0 saturated heterocycles. The number of aromatic nitrogens is 1. The van der Waals surface area contributed by atoms with Crippen molar-refractivity contribution in [1.82, 2.24) is 4.98 Å². The van der Waals surface area contributed by atoms with Crippen LogP contribution in [0.5, 0.6) is 0 Å². The Kier molecular flexibility index (Phi) is 3.05. The smallest absolute Gasteiger partial charge is 0.341 e. The second-order valence-corrected chi connectivity index (χ2v) is 5.07. The molecule has 1 aromatic rings. The number of carbonyl (C=O) groups is 1. The Labute approximate surface area is 99.7 Å². The van der Waals surface area contributed by atoms with Gasteiger partial charge in [0.25, 0.3) is 5.56 Å². The van der Waals surface area contributed by atoms with Crippen LogP contribution in [0, 0.1) is 11.8 Å². The predicted molar refractivity (Wildman–Crippen MR) is 64.4 cm³/mol. The first kappa shape index (κ1) is 11.9. The summed E-state index contributed by atoms with van der Waals surface area (Å²) in [7, 11) is 0. The summed E-state index contributed by atoms with van der Waals surface area (Å²) in [4.78, 5) is 25.1. The molecule has 92 valence electrons. The molecular weight excluding hydrogens is 218 g/mol. The van der Waals surface area contributed by atoms with E-state index in [4.69, 9.17) is 5.11 Å². The first-order valence-corrected chi connectivity index (χ1v) is 5.97. The van der Waals surface area contributed by atoms with Crippen LogP contribution in [-0.2, 0) is 12.8 Å². The van der Waals surface area contributed by atoms with Crippen LogP contribution in [0.1, 0.15) is 41.9 Å². The molecule has 17 heavy (non-hydrogen) atoms. The molecule has 2 N–H and O–H groups in total. The third-order valence-electron chi connectivity index (χ3n) is 3.64. The number of aromatic amines is 1. The highest BCUT2D eigenvalue weighted by atomic mass is 16.4. The van der Waals surface area contributed by atoms with Gasteiger partial charge in [0.2, 0.25) is 0 Å². The van der Waals surface area contributed by atoms with Crippen LogP contribution in [0.3, 0.4) is 0 Å². The molecule has 0 aromatic carbocycles. The van der Waals surface area contributed by atoms with Crippen LogP contribution in [0.4, 0.5) is 0 Å². The fraction of sp³-hybridized carbons (Fsp3) is 0.538. The lowest BCUT2D eigenvalue weighted by Crippen LogP contribution is -2.26. The van der Waals surface area contributed by atoms with Gasteiger partial charge in [0.15, 0.2) is 0 Å². The van der Waals surface area contributed by atoms with E-state index in [2.05, 4.69) is 18.8 Å². The molecule has 1 aromatic heterocycles. The largest absolute Gasteiger partial charge is 0.477 e. The zero-order chi connectivity index (χ0) is 12.6. The third kappa shape index (κ3) is 2.25. The van der Waals surface area contributed by atoms with Gasteiger partial charge in [-0.1, -0.05) is 13.8 Å². The number of carboxylic acids is 1. The average Bonchev–Trinajstić information content (AvgIpc) is 2.27. The minimum Gasteiger partial charge on any atom is -0.477 e. The Balaban J connectivity index is 2.40. The maximum atomic E-state index is 11.5. The maximum Gasteiger partial charge on any atom is 0.341 e. The summed E-state index contributed by atoms with van der Waals surface area (Å²) < 4.78 is 0. The number of hydrogen-bond acceptors (Lipinski definition) is 2. The van der Waals surface area contributed by atoms with Crippen molar-refractivity contribution < 1.29 is 9.90 Å². The van der Waals surface area contributed by atoms with E-state index in [9.17, 15) is 9.59 Å². The molecule has 4 nitrogen and oxygen atoms in total. The lowest BCUT2D eigenvalue weighted by atomic mass is 9.80. The third-order valence-corrected chi connectivity index (χ3v) is 3.64. The van der Waals surface area contributed by atoms with Gasteiger partial charge in [-0.3, -0.25) is 4.79 Å². The second-order valence-electron chi connectivity index (χ2n) is 5.07. The monoisotopic (exact) mass is 235 g/mol. The summed E-state index contributed by atoms with van der Waals surface area (Å²) in [6.07, 6.45) is 2.77. The molecule has 0 saturated carbocycles. The van der Waals surface area contributed by atoms with E-state index in [-0.39, 0.29) is 5.56 Å². The molecule has 0 amide bonds. The molecule has 1 aliphatic carbocycles. The summed E-state index contributed by atoms with van der Waals surface area (Å²) in [5, 5.41) is 8.92. The first-order chi connectivity index (χ1) is 7.99. The molecular formula is C13H17NO3. The van der Waals surface area contributed by atoms with Crippen LogP contribution in [0.2, 0.25) is 0 Å². The van der Waals surface area contributed by atoms with Gasteiger partial charge in [-0.15, -0.1) is 0 Å². The zero-order valence-electron chi connectivity index (χ0n) is 10.1. The van der Waals surface area contributed by atoms with Crippen LogP contribution in [-0.4, -0.2) is 16.1 Å². The number of pyridine rings is 1. The van der Waals surface area contributed by atoms with Gasteiger partial charge in [-0.2, -0.15) is 0 Å². The number of carboxylic acid groups (broad SMARTS) is 1. The van der Waals surface area contributed by atoms with Crippen molar-refractivity contribution in [2.24, 2.45) is 11.8 Å². The van der Waals surface area contributed by atoms with Crippen molar-refractivity contribution in [2.45, 2.75) is 33.1 Å². The fourth-order valence-corrected chi connectivity index (χ4v) is 2.46. The summed E-state index contributed by atoms with van der Waals surface area (Å²) in [6.45, 7) is 4.36. The molecule has 0 bridgehead atoms. The summed E-state index contributed by atoms with van der Waals surface area (Å²) in [5.74, 6) is 0.0131. The number of nitrogens with one attached hydrogen (secondary N) is 1. The van der Waals surface area contributed by atoms with Crippen molar-refractivity contribution in [3.05, 3.63) is 33.2 Å². The molecule has 4 heteroatoms. The highest BCUT2D eigenvalue weighted by molar-refractivity contribution is 5.87. The molecule has 0 radical (unpaired) electrons. The van der Waals surface area contributed by atoms with Gasteiger partial charge in [0, 0.05) is 5.69 Å². The molecule has 1 atom stereocenters. The first-order valence-electron chi connectivity index (χ1n) is 5.97. The van der Waals surface area contributed by atoms with Crippen LogP contribution in [0.15, 0.2) is 10.9 Å². The van der Waals surface area contributed by atoms with Crippen molar-refractivity contribution in [3.8, 4) is 0 Å². The van der Waals surface area contributed by atoms with E-state index in [1.54, 1.807) is 6.07 Å². The minimum absolute atomic E-state index is 0.145. The minimum atomic E-state index is -1.15. The van der Waals surface area contributed by atoms with Gasteiger partial charge >= 0.3 is 5.97 Å². The van der Waals surface area contributed by atoms with E-state index in [1.807, 2.05) is 0 Å². The van der Waals surface area contributed by atoms with Crippen LogP contribution in [0.25, 0.3) is 0 Å². The molecule has 1 aliphatic rings. The Hall–Kier alpha value is -1.58. The number of fused-ring (bicyclic) bond motifs is 1.